The summed E-state index contributed by atoms with van der Waals surface area (Å²) in [6.45, 7) is 1.57. The molecule has 0 aliphatic carbocycles. The zero-order valence-corrected chi connectivity index (χ0v) is 13.2. The van der Waals surface area contributed by atoms with E-state index >= 15 is 0 Å². The number of likely N-dealkylation sites (tertiary alicyclic amines) is 1. The van der Waals surface area contributed by atoms with Crippen LogP contribution < -0.4 is 5.32 Å². The summed E-state index contributed by atoms with van der Waals surface area (Å²) in [6, 6.07) is 9.78. The molecule has 0 saturated carbocycles. The average Bonchev–Trinajstić information content (AvgIpc) is 3.17. The lowest BCUT2D eigenvalue weighted by Gasteiger charge is -2.23. The number of carbonyl (C=O) groups excluding carboxylic acids is 1. The standard InChI is InChI=1S/C17H20ClN3O/c18-14-5-3-12(4-6-14)8-13-9-16(20-11-13)17(22)21-7-1-2-15(21)10-19/h3-6,13,15-16,20H,1-2,7-9,11H2/t13-,15-,16-/m0/s1. The first-order valence-corrected chi connectivity index (χ1v) is 8.23. The molecule has 22 heavy (non-hydrogen) atoms. The Morgan fingerprint density at radius 1 is 1.41 bits per heavy atom. The van der Waals surface area contributed by atoms with Gasteiger partial charge in [-0.05, 0) is 55.8 Å². The number of benzene rings is 1. The molecule has 116 valence electrons. The minimum Gasteiger partial charge on any atom is -0.325 e. The SMILES string of the molecule is N#C[C@@H]1CCCN1C(=O)[C@@H]1C[C@H](Cc2ccc(Cl)cc2)CN1. The highest BCUT2D eigenvalue weighted by atomic mass is 35.5. The van der Waals surface area contributed by atoms with E-state index in [1.54, 1.807) is 4.90 Å². The first kappa shape index (κ1) is 15.3. The predicted octanol–water partition coefficient (Wildman–Crippen LogP) is 2.38. The second-order valence-electron chi connectivity index (χ2n) is 6.21. The number of amides is 1. The molecule has 3 atom stereocenters. The molecule has 2 fully saturated rings. The Balaban J connectivity index is 1.57. The van der Waals surface area contributed by atoms with Crippen LogP contribution in [0.1, 0.15) is 24.8 Å². The number of nitrogens with one attached hydrogen (secondary N) is 1. The van der Waals surface area contributed by atoms with Gasteiger partial charge in [0.2, 0.25) is 5.91 Å². The van der Waals surface area contributed by atoms with Crippen molar-refractivity contribution in [1.29, 1.82) is 5.26 Å². The third kappa shape index (κ3) is 3.26. The molecule has 0 bridgehead atoms. The summed E-state index contributed by atoms with van der Waals surface area (Å²) in [5, 5.41) is 13.2. The fourth-order valence-electron chi connectivity index (χ4n) is 3.47. The molecule has 0 radical (unpaired) electrons. The number of carbonyl (C=O) groups is 1. The number of hydrogen-bond acceptors (Lipinski definition) is 3. The quantitative estimate of drug-likeness (QED) is 0.931. The van der Waals surface area contributed by atoms with Gasteiger partial charge >= 0.3 is 0 Å². The Labute approximate surface area is 136 Å². The molecule has 2 heterocycles. The molecule has 5 heteroatoms. The normalized spacial score (nSPS) is 27.8. The van der Waals surface area contributed by atoms with Gasteiger partial charge in [0.25, 0.3) is 0 Å². The molecule has 0 unspecified atom stereocenters. The maximum atomic E-state index is 12.6. The van der Waals surface area contributed by atoms with E-state index in [4.69, 9.17) is 16.9 Å². The number of rotatable bonds is 3. The Hall–Kier alpha value is -1.57. The molecule has 3 rings (SSSR count). The fraction of sp³-hybridized carbons (Fsp3) is 0.529. The Bertz CT molecular complexity index is 581. The van der Waals surface area contributed by atoms with Gasteiger partial charge < -0.3 is 10.2 Å². The maximum absolute atomic E-state index is 12.6. The monoisotopic (exact) mass is 317 g/mol. The largest absolute Gasteiger partial charge is 0.325 e. The summed E-state index contributed by atoms with van der Waals surface area (Å²) < 4.78 is 0. The summed E-state index contributed by atoms with van der Waals surface area (Å²) in [4.78, 5) is 14.3. The van der Waals surface area contributed by atoms with E-state index in [0.717, 1.165) is 43.8 Å². The highest BCUT2D eigenvalue weighted by Crippen LogP contribution is 2.24. The van der Waals surface area contributed by atoms with Crippen LogP contribution in [-0.2, 0) is 11.2 Å². The summed E-state index contributed by atoms with van der Waals surface area (Å²) in [5.74, 6) is 0.556. The van der Waals surface area contributed by atoms with E-state index in [1.165, 1.54) is 5.56 Å². The minimum absolute atomic E-state index is 0.0997. The van der Waals surface area contributed by atoms with Gasteiger partial charge in [0.05, 0.1) is 12.1 Å². The van der Waals surface area contributed by atoms with Crippen LogP contribution in [0.25, 0.3) is 0 Å². The number of nitrogens with zero attached hydrogens (tertiary/aromatic N) is 2. The molecule has 1 aromatic carbocycles. The molecule has 4 nitrogen and oxygen atoms in total. The van der Waals surface area contributed by atoms with Crippen molar-refractivity contribution in [3.8, 4) is 6.07 Å². The Morgan fingerprint density at radius 2 is 2.18 bits per heavy atom. The van der Waals surface area contributed by atoms with Crippen molar-refractivity contribution in [3.05, 3.63) is 34.9 Å². The zero-order valence-electron chi connectivity index (χ0n) is 12.5. The highest BCUT2D eigenvalue weighted by Gasteiger charge is 2.36. The second-order valence-corrected chi connectivity index (χ2v) is 6.65. The van der Waals surface area contributed by atoms with Crippen LogP contribution in [0.4, 0.5) is 0 Å². The van der Waals surface area contributed by atoms with E-state index in [2.05, 4.69) is 11.4 Å². The third-order valence-corrected chi connectivity index (χ3v) is 4.89. The van der Waals surface area contributed by atoms with Crippen molar-refractivity contribution in [2.75, 3.05) is 13.1 Å². The van der Waals surface area contributed by atoms with E-state index in [9.17, 15) is 4.79 Å². The van der Waals surface area contributed by atoms with Gasteiger partial charge in [-0.25, -0.2) is 0 Å². The topological polar surface area (TPSA) is 56.1 Å². The van der Waals surface area contributed by atoms with Crippen LogP contribution in [0.15, 0.2) is 24.3 Å². The summed E-state index contributed by atoms with van der Waals surface area (Å²) in [5.41, 5.74) is 1.25. The minimum atomic E-state index is -0.232. The van der Waals surface area contributed by atoms with Gasteiger partial charge in [-0.3, -0.25) is 4.79 Å². The van der Waals surface area contributed by atoms with Crippen molar-refractivity contribution >= 4 is 17.5 Å². The lowest BCUT2D eigenvalue weighted by atomic mass is 9.96. The maximum Gasteiger partial charge on any atom is 0.240 e. The number of halogens is 1. The third-order valence-electron chi connectivity index (χ3n) is 4.64. The predicted molar refractivity (Wildman–Crippen MR) is 85.4 cm³/mol. The van der Waals surface area contributed by atoms with Gasteiger partial charge in [-0.15, -0.1) is 0 Å². The molecular weight excluding hydrogens is 298 g/mol. The van der Waals surface area contributed by atoms with Crippen LogP contribution in [0, 0.1) is 17.2 Å². The van der Waals surface area contributed by atoms with Crippen LogP contribution in [0.3, 0.4) is 0 Å². The van der Waals surface area contributed by atoms with Crippen molar-refractivity contribution in [1.82, 2.24) is 10.2 Å². The molecule has 1 amide bonds. The molecule has 1 aromatic rings. The lowest BCUT2D eigenvalue weighted by Crippen LogP contribution is -2.45. The van der Waals surface area contributed by atoms with Gasteiger partial charge in [-0.2, -0.15) is 5.26 Å². The van der Waals surface area contributed by atoms with Crippen molar-refractivity contribution in [2.45, 2.75) is 37.8 Å². The van der Waals surface area contributed by atoms with Gasteiger partial charge in [0.1, 0.15) is 6.04 Å². The molecule has 1 N–H and O–H groups in total. The van der Waals surface area contributed by atoms with E-state index in [0.29, 0.717) is 5.92 Å². The Kier molecular flexibility index (Phi) is 4.66. The highest BCUT2D eigenvalue weighted by molar-refractivity contribution is 6.30. The van der Waals surface area contributed by atoms with E-state index < -0.39 is 0 Å². The first-order valence-electron chi connectivity index (χ1n) is 7.85. The Morgan fingerprint density at radius 3 is 2.91 bits per heavy atom. The van der Waals surface area contributed by atoms with Crippen molar-refractivity contribution in [2.24, 2.45) is 5.92 Å². The molecule has 0 aromatic heterocycles. The van der Waals surface area contributed by atoms with E-state index in [1.807, 2.05) is 24.3 Å². The first-order chi connectivity index (χ1) is 10.7. The smallest absolute Gasteiger partial charge is 0.240 e. The van der Waals surface area contributed by atoms with Gasteiger partial charge in [0, 0.05) is 11.6 Å². The lowest BCUT2D eigenvalue weighted by molar-refractivity contribution is -0.133. The van der Waals surface area contributed by atoms with Crippen LogP contribution in [-0.4, -0.2) is 36.0 Å². The van der Waals surface area contributed by atoms with E-state index in [-0.39, 0.29) is 18.0 Å². The van der Waals surface area contributed by atoms with Crippen LogP contribution in [0.5, 0.6) is 0 Å². The number of hydrogen-bond donors (Lipinski definition) is 1. The van der Waals surface area contributed by atoms with Gasteiger partial charge in [0.15, 0.2) is 0 Å². The average molecular weight is 318 g/mol. The molecule has 2 saturated heterocycles. The summed E-state index contributed by atoms with van der Waals surface area (Å²) in [6.07, 6.45) is 3.54. The van der Waals surface area contributed by atoms with Crippen LogP contribution >= 0.6 is 11.6 Å². The van der Waals surface area contributed by atoms with Gasteiger partial charge in [-0.1, -0.05) is 23.7 Å². The molecule has 2 aliphatic heterocycles. The van der Waals surface area contributed by atoms with Crippen molar-refractivity contribution < 1.29 is 4.79 Å². The summed E-state index contributed by atoms with van der Waals surface area (Å²) >= 11 is 5.90. The zero-order chi connectivity index (χ0) is 15.5. The molecular formula is C17H20ClN3O. The molecule has 2 aliphatic rings. The fourth-order valence-corrected chi connectivity index (χ4v) is 3.60. The molecule has 0 spiro atoms. The van der Waals surface area contributed by atoms with Crippen molar-refractivity contribution in [3.63, 3.8) is 0 Å². The second kappa shape index (κ2) is 6.68. The number of nitriles is 1. The van der Waals surface area contributed by atoms with Crippen LogP contribution in [0.2, 0.25) is 5.02 Å². The summed E-state index contributed by atoms with van der Waals surface area (Å²) in [7, 11) is 0.